The van der Waals surface area contributed by atoms with Crippen LogP contribution in [0.15, 0.2) is 22.7 Å². The third-order valence-corrected chi connectivity index (χ3v) is 4.30. The fraction of sp³-hybridized carbons (Fsp3) is 0.462. The van der Waals surface area contributed by atoms with Crippen molar-refractivity contribution in [3.63, 3.8) is 0 Å². The van der Waals surface area contributed by atoms with Gasteiger partial charge in [-0.2, -0.15) is 0 Å². The van der Waals surface area contributed by atoms with Crippen LogP contribution in [0, 0.1) is 6.92 Å². The van der Waals surface area contributed by atoms with Crippen molar-refractivity contribution in [2.45, 2.75) is 26.2 Å². The Kier molecular flexibility index (Phi) is 4.40. The van der Waals surface area contributed by atoms with Crippen LogP contribution in [0.4, 0.5) is 5.69 Å². The Bertz CT molecular complexity index is 414. The fourth-order valence-electron chi connectivity index (χ4n) is 2.02. The number of nitrogens with zero attached hydrogens (tertiary/aromatic N) is 1. The van der Waals surface area contributed by atoms with E-state index < -0.39 is 0 Å². The van der Waals surface area contributed by atoms with Gasteiger partial charge >= 0.3 is 0 Å². The van der Waals surface area contributed by atoms with Crippen molar-refractivity contribution >= 4 is 38.9 Å². The van der Waals surface area contributed by atoms with Crippen molar-refractivity contribution in [2.24, 2.45) is 0 Å². The summed E-state index contributed by atoms with van der Waals surface area (Å²) < 4.78 is 1.13. The van der Waals surface area contributed by atoms with Crippen LogP contribution >= 0.6 is 28.1 Å². The number of hydrogen-bond acceptors (Lipinski definition) is 1. The summed E-state index contributed by atoms with van der Waals surface area (Å²) in [6.45, 7) is 4.25. The third-order valence-electron chi connectivity index (χ3n) is 3.05. The Hall–Kier alpha value is -0.610. The van der Waals surface area contributed by atoms with Gasteiger partial charge in [0.15, 0.2) is 5.11 Å². The number of halogens is 1. The van der Waals surface area contributed by atoms with Gasteiger partial charge in [-0.05, 0) is 62.2 Å². The normalized spacial score (nSPS) is 15.8. The lowest BCUT2D eigenvalue weighted by atomic mass is 10.1. The number of anilines is 1. The van der Waals surface area contributed by atoms with E-state index in [9.17, 15) is 0 Å². The molecule has 0 unspecified atom stereocenters. The zero-order valence-electron chi connectivity index (χ0n) is 10.0. The molecule has 0 atom stereocenters. The van der Waals surface area contributed by atoms with Crippen molar-refractivity contribution in [1.82, 2.24) is 4.90 Å². The first kappa shape index (κ1) is 12.8. The molecule has 92 valence electrons. The van der Waals surface area contributed by atoms with E-state index in [1.54, 1.807) is 0 Å². The van der Waals surface area contributed by atoms with Gasteiger partial charge in [0.25, 0.3) is 0 Å². The van der Waals surface area contributed by atoms with Gasteiger partial charge in [0.05, 0.1) is 0 Å². The molecule has 0 saturated carbocycles. The molecule has 1 N–H and O–H groups in total. The second kappa shape index (κ2) is 5.83. The summed E-state index contributed by atoms with van der Waals surface area (Å²) in [7, 11) is 0. The monoisotopic (exact) mass is 312 g/mol. The third kappa shape index (κ3) is 3.42. The quantitative estimate of drug-likeness (QED) is 0.791. The van der Waals surface area contributed by atoms with Crippen LogP contribution in [0.3, 0.4) is 0 Å². The Balaban J connectivity index is 1.99. The number of rotatable bonds is 1. The highest BCUT2D eigenvalue weighted by Gasteiger charge is 2.13. The van der Waals surface area contributed by atoms with E-state index >= 15 is 0 Å². The van der Waals surface area contributed by atoms with Crippen molar-refractivity contribution in [3.8, 4) is 0 Å². The highest BCUT2D eigenvalue weighted by atomic mass is 79.9. The molecular formula is C13H17BrN2S. The van der Waals surface area contributed by atoms with Crippen molar-refractivity contribution in [3.05, 3.63) is 28.2 Å². The Labute approximate surface area is 117 Å². The molecule has 2 rings (SSSR count). The maximum absolute atomic E-state index is 5.44. The number of aryl methyl sites for hydroxylation is 1. The summed E-state index contributed by atoms with van der Waals surface area (Å²) in [5.74, 6) is 0. The van der Waals surface area contributed by atoms with Crippen LogP contribution in [0.2, 0.25) is 0 Å². The molecule has 4 heteroatoms. The van der Waals surface area contributed by atoms with E-state index in [1.165, 1.54) is 24.8 Å². The number of thiocarbonyl (C=S) groups is 1. The largest absolute Gasteiger partial charge is 0.349 e. The van der Waals surface area contributed by atoms with Gasteiger partial charge in [0, 0.05) is 23.2 Å². The Morgan fingerprint density at radius 3 is 2.65 bits per heavy atom. The SMILES string of the molecule is Cc1cc(NC(=S)N2CCCCC2)ccc1Br. The van der Waals surface area contributed by atoms with Gasteiger partial charge in [-0.3, -0.25) is 0 Å². The molecule has 1 aliphatic rings. The van der Waals surface area contributed by atoms with Gasteiger partial charge in [0.1, 0.15) is 0 Å². The molecule has 0 amide bonds. The second-order valence-electron chi connectivity index (χ2n) is 4.44. The van der Waals surface area contributed by atoms with Gasteiger partial charge in [-0.1, -0.05) is 15.9 Å². The summed E-state index contributed by atoms with van der Waals surface area (Å²) in [4.78, 5) is 2.26. The summed E-state index contributed by atoms with van der Waals surface area (Å²) >= 11 is 8.94. The minimum atomic E-state index is 0.853. The molecule has 0 aliphatic carbocycles. The Morgan fingerprint density at radius 1 is 1.29 bits per heavy atom. The van der Waals surface area contributed by atoms with Crippen LogP contribution in [-0.4, -0.2) is 23.1 Å². The molecule has 0 spiro atoms. The average Bonchev–Trinajstić information content (AvgIpc) is 2.35. The average molecular weight is 313 g/mol. The van der Waals surface area contributed by atoms with Gasteiger partial charge < -0.3 is 10.2 Å². The van der Waals surface area contributed by atoms with Crippen LogP contribution in [0.1, 0.15) is 24.8 Å². The lowest BCUT2D eigenvalue weighted by molar-refractivity contribution is 0.346. The topological polar surface area (TPSA) is 15.3 Å². The van der Waals surface area contributed by atoms with E-state index in [-0.39, 0.29) is 0 Å². The molecule has 1 aromatic carbocycles. The summed E-state index contributed by atoms with van der Waals surface area (Å²) in [5, 5.41) is 4.17. The summed E-state index contributed by atoms with van der Waals surface area (Å²) in [5.41, 5.74) is 2.29. The van der Waals surface area contributed by atoms with Crippen LogP contribution in [0.5, 0.6) is 0 Å². The predicted octanol–water partition coefficient (Wildman–Crippen LogP) is 3.94. The minimum absolute atomic E-state index is 0.853. The maximum atomic E-state index is 5.44. The Morgan fingerprint density at radius 2 is 2.00 bits per heavy atom. The molecule has 0 bridgehead atoms. The molecular weight excluding hydrogens is 296 g/mol. The number of likely N-dealkylation sites (tertiary alicyclic amines) is 1. The van der Waals surface area contributed by atoms with E-state index in [4.69, 9.17) is 12.2 Å². The first-order chi connectivity index (χ1) is 8.16. The predicted molar refractivity (Wildman–Crippen MR) is 80.5 cm³/mol. The second-order valence-corrected chi connectivity index (χ2v) is 5.68. The standard InChI is InChI=1S/C13H17BrN2S/c1-10-9-11(5-6-12(10)14)15-13(17)16-7-3-2-4-8-16/h5-6,9H,2-4,7-8H2,1H3,(H,15,17). The maximum Gasteiger partial charge on any atom is 0.173 e. The van der Waals surface area contributed by atoms with E-state index in [0.717, 1.165) is 28.4 Å². The molecule has 17 heavy (non-hydrogen) atoms. The molecule has 0 radical (unpaired) electrons. The number of nitrogens with one attached hydrogen (secondary N) is 1. The summed E-state index contributed by atoms with van der Waals surface area (Å²) in [6.07, 6.45) is 3.83. The molecule has 1 aliphatic heterocycles. The van der Waals surface area contributed by atoms with Gasteiger partial charge in [0.2, 0.25) is 0 Å². The number of benzene rings is 1. The smallest absolute Gasteiger partial charge is 0.173 e. The van der Waals surface area contributed by atoms with Gasteiger partial charge in [-0.15, -0.1) is 0 Å². The fourth-order valence-corrected chi connectivity index (χ4v) is 2.57. The van der Waals surface area contributed by atoms with Crippen LogP contribution in [0.25, 0.3) is 0 Å². The zero-order chi connectivity index (χ0) is 12.3. The first-order valence-electron chi connectivity index (χ1n) is 5.99. The molecule has 1 aromatic rings. The molecule has 1 heterocycles. The van der Waals surface area contributed by atoms with E-state index in [2.05, 4.69) is 45.2 Å². The molecule has 0 aromatic heterocycles. The molecule has 1 saturated heterocycles. The highest BCUT2D eigenvalue weighted by Crippen LogP contribution is 2.20. The lowest BCUT2D eigenvalue weighted by Gasteiger charge is -2.29. The van der Waals surface area contributed by atoms with Crippen molar-refractivity contribution < 1.29 is 0 Å². The van der Waals surface area contributed by atoms with Crippen molar-refractivity contribution in [1.29, 1.82) is 0 Å². The lowest BCUT2D eigenvalue weighted by Crippen LogP contribution is -2.38. The molecule has 1 fully saturated rings. The van der Waals surface area contributed by atoms with E-state index in [1.807, 2.05) is 6.07 Å². The summed E-state index contributed by atoms with van der Waals surface area (Å²) in [6, 6.07) is 6.21. The number of hydrogen-bond donors (Lipinski definition) is 1. The van der Waals surface area contributed by atoms with Crippen LogP contribution in [-0.2, 0) is 0 Å². The highest BCUT2D eigenvalue weighted by molar-refractivity contribution is 9.10. The van der Waals surface area contributed by atoms with Crippen LogP contribution < -0.4 is 5.32 Å². The first-order valence-corrected chi connectivity index (χ1v) is 7.19. The van der Waals surface area contributed by atoms with Crippen molar-refractivity contribution in [2.75, 3.05) is 18.4 Å². The molecule has 2 nitrogen and oxygen atoms in total. The number of piperidine rings is 1. The van der Waals surface area contributed by atoms with Gasteiger partial charge in [-0.25, -0.2) is 0 Å². The minimum Gasteiger partial charge on any atom is -0.349 e. The van der Waals surface area contributed by atoms with E-state index in [0.29, 0.717) is 0 Å². The zero-order valence-corrected chi connectivity index (χ0v) is 12.4.